The number of ether oxygens (including phenoxy) is 1. The number of carbonyl (C=O) groups excluding carboxylic acids is 1. The fourth-order valence-electron chi connectivity index (χ4n) is 2.34. The van der Waals surface area contributed by atoms with Crippen LogP contribution in [0.3, 0.4) is 0 Å². The first kappa shape index (κ1) is 13.7. The molecule has 1 aromatic rings. The molecule has 2 rings (SSSR count). The molecule has 0 spiro atoms. The summed E-state index contributed by atoms with van der Waals surface area (Å²) in [5, 5.41) is 3.21. The number of nitrogens with two attached hydrogens (primary N) is 1. The van der Waals surface area contributed by atoms with Crippen LogP contribution in [0, 0.1) is 19.3 Å². The molecule has 104 valence electrons. The van der Waals surface area contributed by atoms with E-state index < -0.39 is 5.41 Å². The van der Waals surface area contributed by atoms with Crippen molar-refractivity contribution in [2.75, 3.05) is 25.1 Å². The van der Waals surface area contributed by atoms with E-state index in [1.165, 1.54) is 0 Å². The summed E-state index contributed by atoms with van der Waals surface area (Å²) in [7, 11) is 0. The van der Waals surface area contributed by atoms with Gasteiger partial charge in [-0.05, 0) is 26.7 Å². The third-order valence-electron chi connectivity index (χ3n) is 3.55. The van der Waals surface area contributed by atoms with Crippen LogP contribution in [0.5, 0.6) is 0 Å². The number of carbonyl (C=O) groups is 1. The van der Waals surface area contributed by atoms with Crippen molar-refractivity contribution in [3.63, 3.8) is 0 Å². The molecule has 0 bridgehead atoms. The molecule has 19 heavy (non-hydrogen) atoms. The quantitative estimate of drug-likeness (QED) is 0.839. The monoisotopic (exact) mass is 264 g/mol. The van der Waals surface area contributed by atoms with Crippen LogP contribution >= 0.6 is 0 Å². The van der Waals surface area contributed by atoms with Gasteiger partial charge in [-0.3, -0.25) is 4.79 Å². The lowest BCUT2D eigenvalue weighted by Crippen LogP contribution is -2.46. The number of nitrogens with zero attached hydrogens (tertiary/aromatic N) is 2. The number of amides is 1. The van der Waals surface area contributed by atoms with Crippen LogP contribution in [0.4, 0.5) is 5.82 Å². The Morgan fingerprint density at radius 1 is 1.42 bits per heavy atom. The van der Waals surface area contributed by atoms with E-state index in [1.54, 1.807) is 0 Å². The first-order valence-electron chi connectivity index (χ1n) is 6.46. The molecule has 1 amide bonds. The lowest BCUT2D eigenvalue weighted by molar-refractivity contribution is -0.132. The summed E-state index contributed by atoms with van der Waals surface area (Å²) in [4.78, 5) is 20.2. The first-order valence-corrected chi connectivity index (χ1v) is 6.46. The molecular weight excluding hydrogens is 244 g/mol. The Balaban J connectivity index is 2.08. The van der Waals surface area contributed by atoms with Gasteiger partial charge < -0.3 is 15.8 Å². The Labute approximate surface area is 112 Å². The minimum Gasteiger partial charge on any atom is -0.381 e. The molecule has 0 aliphatic carbocycles. The number of aryl methyl sites for hydroxylation is 2. The normalized spacial score (nSPS) is 18.0. The molecule has 1 aliphatic heterocycles. The van der Waals surface area contributed by atoms with Crippen molar-refractivity contribution in [2.45, 2.75) is 26.7 Å². The van der Waals surface area contributed by atoms with Crippen LogP contribution in [0.2, 0.25) is 0 Å². The van der Waals surface area contributed by atoms with Gasteiger partial charge in [-0.15, -0.1) is 0 Å². The van der Waals surface area contributed by atoms with Crippen LogP contribution in [0.1, 0.15) is 24.4 Å². The predicted octanol–water partition coefficient (Wildman–Crippen LogP) is 0.787. The van der Waals surface area contributed by atoms with Gasteiger partial charge in [0.15, 0.2) is 0 Å². The number of nitrogens with one attached hydrogen (secondary N) is 1. The Hall–Kier alpha value is -1.69. The van der Waals surface area contributed by atoms with Crippen molar-refractivity contribution in [3.8, 4) is 0 Å². The molecular formula is C13H20N4O2. The van der Waals surface area contributed by atoms with E-state index in [1.807, 2.05) is 19.9 Å². The van der Waals surface area contributed by atoms with Gasteiger partial charge in [0.2, 0.25) is 5.91 Å². The highest BCUT2D eigenvalue weighted by Gasteiger charge is 2.38. The lowest BCUT2D eigenvalue weighted by Gasteiger charge is -2.34. The van der Waals surface area contributed by atoms with E-state index in [0.717, 1.165) is 11.5 Å². The van der Waals surface area contributed by atoms with Gasteiger partial charge in [0, 0.05) is 31.5 Å². The summed E-state index contributed by atoms with van der Waals surface area (Å²) in [5.74, 6) is 1.17. The van der Waals surface area contributed by atoms with E-state index in [9.17, 15) is 4.79 Å². The molecule has 0 radical (unpaired) electrons. The molecule has 1 saturated heterocycles. The number of aromatic nitrogens is 2. The maximum Gasteiger partial charge on any atom is 0.225 e. The van der Waals surface area contributed by atoms with E-state index in [0.29, 0.717) is 38.4 Å². The van der Waals surface area contributed by atoms with Gasteiger partial charge in [-0.2, -0.15) is 0 Å². The maximum atomic E-state index is 11.7. The standard InChI is InChI=1S/C13H20N4O2/c1-9-7-11(17-10(2)16-9)15-8-13(12(14)18)3-5-19-6-4-13/h7H,3-6,8H2,1-2H3,(H2,14,18)(H,15,16,17). The van der Waals surface area contributed by atoms with E-state index in [2.05, 4.69) is 15.3 Å². The maximum absolute atomic E-state index is 11.7. The summed E-state index contributed by atoms with van der Waals surface area (Å²) in [6, 6.07) is 1.86. The van der Waals surface area contributed by atoms with Gasteiger partial charge in [-0.1, -0.05) is 0 Å². The third-order valence-corrected chi connectivity index (χ3v) is 3.55. The number of primary amides is 1. The molecule has 3 N–H and O–H groups in total. The Kier molecular flexibility index (Phi) is 3.99. The molecule has 0 atom stereocenters. The number of rotatable bonds is 4. The number of hydrogen-bond donors (Lipinski definition) is 2. The summed E-state index contributed by atoms with van der Waals surface area (Å²) < 4.78 is 5.30. The van der Waals surface area contributed by atoms with Crippen molar-refractivity contribution >= 4 is 11.7 Å². The molecule has 6 nitrogen and oxygen atoms in total. The summed E-state index contributed by atoms with van der Waals surface area (Å²) in [5.41, 5.74) is 5.92. The van der Waals surface area contributed by atoms with Gasteiger partial charge in [0.05, 0.1) is 5.41 Å². The zero-order valence-electron chi connectivity index (χ0n) is 11.4. The lowest BCUT2D eigenvalue weighted by atomic mass is 9.79. The molecule has 1 aromatic heterocycles. The molecule has 1 fully saturated rings. The molecule has 1 aliphatic rings. The van der Waals surface area contributed by atoms with Crippen LogP contribution < -0.4 is 11.1 Å². The van der Waals surface area contributed by atoms with Gasteiger partial charge in [0.25, 0.3) is 0 Å². The molecule has 2 heterocycles. The number of anilines is 1. The largest absolute Gasteiger partial charge is 0.381 e. The second-order valence-corrected chi connectivity index (χ2v) is 5.05. The molecule has 0 saturated carbocycles. The Morgan fingerprint density at radius 2 is 2.11 bits per heavy atom. The zero-order valence-corrected chi connectivity index (χ0v) is 11.4. The van der Waals surface area contributed by atoms with E-state index >= 15 is 0 Å². The van der Waals surface area contributed by atoms with E-state index in [-0.39, 0.29) is 5.91 Å². The average Bonchev–Trinajstić information content (AvgIpc) is 2.36. The van der Waals surface area contributed by atoms with Crippen molar-refractivity contribution in [3.05, 3.63) is 17.6 Å². The Morgan fingerprint density at radius 3 is 2.68 bits per heavy atom. The average molecular weight is 264 g/mol. The fourth-order valence-corrected chi connectivity index (χ4v) is 2.34. The topological polar surface area (TPSA) is 90.1 Å². The van der Waals surface area contributed by atoms with Crippen molar-refractivity contribution in [2.24, 2.45) is 11.1 Å². The molecule has 0 unspecified atom stereocenters. The summed E-state index contributed by atoms with van der Waals surface area (Å²) >= 11 is 0. The van der Waals surface area contributed by atoms with Crippen molar-refractivity contribution in [1.29, 1.82) is 0 Å². The minimum atomic E-state index is -0.537. The van der Waals surface area contributed by atoms with Gasteiger partial charge in [0.1, 0.15) is 11.6 Å². The SMILES string of the molecule is Cc1cc(NCC2(C(N)=O)CCOCC2)nc(C)n1. The second kappa shape index (κ2) is 5.52. The highest BCUT2D eigenvalue weighted by molar-refractivity contribution is 5.81. The van der Waals surface area contributed by atoms with Gasteiger partial charge in [-0.25, -0.2) is 9.97 Å². The summed E-state index contributed by atoms with van der Waals surface area (Å²) in [6.45, 7) is 5.40. The second-order valence-electron chi connectivity index (χ2n) is 5.05. The van der Waals surface area contributed by atoms with Crippen LogP contribution in [0.25, 0.3) is 0 Å². The highest BCUT2D eigenvalue weighted by Crippen LogP contribution is 2.30. The first-order chi connectivity index (χ1) is 9.02. The fraction of sp³-hybridized carbons (Fsp3) is 0.615. The minimum absolute atomic E-state index is 0.272. The zero-order chi connectivity index (χ0) is 13.9. The predicted molar refractivity (Wildman–Crippen MR) is 71.7 cm³/mol. The van der Waals surface area contributed by atoms with Crippen molar-refractivity contribution < 1.29 is 9.53 Å². The Bertz CT molecular complexity index is 449. The third kappa shape index (κ3) is 3.20. The molecule has 0 aromatic carbocycles. The van der Waals surface area contributed by atoms with Gasteiger partial charge >= 0.3 is 0 Å². The van der Waals surface area contributed by atoms with Crippen LogP contribution in [-0.4, -0.2) is 35.6 Å². The smallest absolute Gasteiger partial charge is 0.225 e. The highest BCUT2D eigenvalue weighted by atomic mass is 16.5. The van der Waals surface area contributed by atoms with Crippen LogP contribution in [-0.2, 0) is 9.53 Å². The van der Waals surface area contributed by atoms with E-state index in [4.69, 9.17) is 10.5 Å². The van der Waals surface area contributed by atoms with Crippen molar-refractivity contribution in [1.82, 2.24) is 9.97 Å². The van der Waals surface area contributed by atoms with Crippen LogP contribution in [0.15, 0.2) is 6.07 Å². The summed E-state index contributed by atoms with van der Waals surface area (Å²) in [6.07, 6.45) is 1.30. The number of hydrogen-bond acceptors (Lipinski definition) is 5. The molecule has 6 heteroatoms.